The Morgan fingerprint density at radius 2 is 0.680 bits per heavy atom. The van der Waals surface area contributed by atoms with Crippen LogP contribution in [0, 0.1) is 0 Å². The van der Waals surface area contributed by atoms with Crippen LogP contribution in [0.2, 0.25) is 28.3 Å². The zero-order chi connectivity index (χ0) is 14.0. The molecule has 0 N–H and O–H groups in total. The fourth-order valence-electron chi connectivity index (χ4n) is 3.18. The maximum Gasteiger partial charge on any atom is 3.00 e. The topological polar surface area (TPSA) is 0 Å². The molecule has 0 saturated heterocycles. The van der Waals surface area contributed by atoms with Crippen molar-refractivity contribution >= 4 is 72.0 Å². The van der Waals surface area contributed by atoms with Crippen molar-refractivity contribution in [1.82, 2.24) is 0 Å². The van der Waals surface area contributed by atoms with Crippen molar-refractivity contribution in [3.63, 3.8) is 0 Å². The van der Waals surface area contributed by atoms with Crippen LogP contribution in [-0.2, 0) is 0 Å². The molecule has 0 nitrogen and oxygen atoms in total. The normalized spacial score (nSPS) is 7.20. The molecule has 0 aromatic carbocycles. The summed E-state index contributed by atoms with van der Waals surface area (Å²) in [5, 5.41) is 0. The Kier molecular flexibility index (Phi) is 108. The van der Waals surface area contributed by atoms with E-state index in [-0.39, 0.29) is 128 Å². The van der Waals surface area contributed by atoms with Gasteiger partial charge in [0.15, 0.2) is 0 Å². The maximum absolute atomic E-state index is 2.41. The minimum Gasteiger partial charge on any atom is -1.00 e. The first-order chi connectivity index (χ1) is 7.81. The van der Waals surface area contributed by atoms with Crippen LogP contribution in [0.15, 0.2) is 0 Å². The number of halogens is 6. The zero-order valence-corrected chi connectivity index (χ0v) is 34.1. The van der Waals surface area contributed by atoms with E-state index in [4.69, 9.17) is 0 Å². The van der Waals surface area contributed by atoms with E-state index in [0.29, 0.717) is 0 Å². The summed E-state index contributed by atoms with van der Waals surface area (Å²) >= 11 is -1.50. The van der Waals surface area contributed by atoms with Gasteiger partial charge >= 0.3 is 163 Å². The Morgan fingerprint density at radius 3 is 0.680 bits per heavy atom. The molecular formula is C15H36Br3Cl3Ga4. The van der Waals surface area contributed by atoms with Crippen molar-refractivity contribution < 1.29 is 88.2 Å². The fourth-order valence-corrected chi connectivity index (χ4v) is 16.5. The molecule has 150 valence electrons. The molecule has 0 unspecified atom stereocenters. The van der Waals surface area contributed by atoms with Crippen LogP contribution >= 0.6 is 0 Å². The molecule has 0 heterocycles. The van der Waals surface area contributed by atoms with Crippen molar-refractivity contribution in [3.8, 4) is 0 Å². The summed E-state index contributed by atoms with van der Waals surface area (Å²) in [6.07, 6.45) is 0. The van der Waals surface area contributed by atoms with Crippen molar-refractivity contribution in [3.05, 3.63) is 0 Å². The molecule has 0 aromatic heterocycles. The Balaban J connectivity index is -0.0000000175. The summed E-state index contributed by atoms with van der Waals surface area (Å²) in [5.41, 5.74) is 0. The third-order valence-corrected chi connectivity index (χ3v) is 21.0. The average Bonchev–Trinajstić information content (AvgIpc) is 2.19. The minimum atomic E-state index is -0.924. The van der Waals surface area contributed by atoms with Crippen LogP contribution in [0.25, 0.3) is 0 Å². The van der Waals surface area contributed by atoms with Gasteiger partial charge in [-0.15, -0.1) is 0 Å². The monoisotopic (exact) mass is 834 g/mol. The van der Waals surface area contributed by atoms with Crippen molar-refractivity contribution in [2.24, 2.45) is 0 Å². The first-order valence-electron chi connectivity index (χ1n) is 7.81. The molecule has 0 aliphatic heterocycles. The summed E-state index contributed by atoms with van der Waals surface area (Å²) < 4.78 is 3.06. The smallest absolute Gasteiger partial charge is 1.00 e. The summed E-state index contributed by atoms with van der Waals surface area (Å²) in [5.74, 6) is 0. The second-order valence-corrected chi connectivity index (χ2v) is 26.0. The van der Waals surface area contributed by atoms with Crippen LogP contribution in [0.1, 0.15) is 62.3 Å². The second kappa shape index (κ2) is 42.9. The summed E-state index contributed by atoms with van der Waals surface area (Å²) in [6.45, 7) is 21.5. The Morgan fingerprint density at radius 1 is 0.520 bits per heavy atom. The summed E-state index contributed by atoms with van der Waals surface area (Å²) in [7, 11) is 0. The maximum atomic E-state index is 2.41. The van der Waals surface area contributed by atoms with E-state index in [1.54, 1.807) is 14.9 Å². The van der Waals surface area contributed by atoms with E-state index < -0.39 is 32.4 Å². The van der Waals surface area contributed by atoms with E-state index in [1.165, 1.54) is 0 Å². The van der Waals surface area contributed by atoms with E-state index in [0.717, 1.165) is 13.4 Å². The van der Waals surface area contributed by atoms with Crippen LogP contribution < -0.4 is 88.2 Å². The van der Waals surface area contributed by atoms with Gasteiger partial charge in [-0.2, -0.15) is 0 Å². The second-order valence-electron chi connectivity index (χ2n) is 6.40. The SMILES string of the molecule is C[CH2][Ga]([CH2]C)[CH2]C.C[CH](C)[Ga]([CH](C)C)[CH](C)C.[Br-].[Br-].[Br-].[Cl-].[Cl-].[Cl-].[Ga+3].[Ga+3]. The number of hydrogen-bond acceptors (Lipinski definition) is 0. The predicted octanol–water partition coefficient (Wildman–Crippen LogP) is -12.5. The van der Waals surface area contributed by atoms with E-state index in [2.05, 4.69) is 62.3 Å². The van der Waals surface area contributed by atoms with Crippen LogP contribution in [0.3, 0.4) is 0 Å². The van der Waals surface area contributed by atoms with Gasteiger partial charge in [0, 0.05) is 0 Å². The number of hydrogen-bond donors (Lipinski definition) is 0. The van der Waals surface area contributed by atoms with Gasteiger partial charge in [0.05, 0.1) is 0 Å². The molecule has 0 atom stereocenters. The molecule has 10 heteroatoms. The van der Waals surface area contributed by atoms with Gasteiger partial charge in [0.25, 0.3) is 0 Å². The Bertz CT molecular complexity index is 156. The van der Waals surface area contributed by atoms with Crippen LogP contribution in [-0.4, -0.2) is 72.0 Å². The molecule has 0 aromatic rings. The molecule has 0 bridgehead atoms. The minimum absolute atomic E-state index is 0. The molecule has 0 aliphatic carbocycles. The molecule has 25 heavy (non-hydrogen) atoms. The van der Waals surface area contributed by atoms with Gasteiger partial charge in [-0.3, -0.25) is 0 Å². The quantitative estimate of drug-likeness (QED) is 0.234. The predicted molar refractivity (Wildman–Crippen MR) is 99.8 cm³/mol. The Labute approximate surface area is 247 Å². The van der Waals surface area contributed by atoms with E-state index in [1.807, 2.05) is 0 Å². The summed E-state index contributed by atoms with van der Waals surface area (Å²) in [4.78, 5) is 4.62. The van der Waals surface area contributed by atoms with Gasteiger partial charge in [-0.1, -0.05) is 0 Å². The van der Waals surface area contributed by atoms with Crippen molar-refractivity contribution in [2.45, 2.75) is 90.7 Å². The molecular weight excluding hydrogens is 805 g/mol. The average molecular weight is 841 g/mol. The molecule has 0 fully saturated rings. The third-order valence-electron chi connectivity index (χ3n) is 4.04. The van der Waals surface area contributed by atoms with E-state index >= 15 is 0 Å². The van der Waals surface area contributed by atoms with Crippen molar-refractivity contribution in [1.29, 1.82) is 0 Å². The van der Waals surface area contributed by atoms with Gasteiger partial charge in [0.1, 0.15) is 0 Å². The van der Waals surface area contributed by atoms with Crippen LogP contribution in [0.4, 0.5) is 0 Å². The molecule has 0 aliphatic rings. The van der Waals surface area contributed by atoms with Crippen molar-refractivity contribution in [2.75, 3.05) is 0 Å². The molecule has 0 saturated carbocycles. The van der Waals surface area contributed by atoms with Gasteiger partial charge < -0.3 is 88.2 Å². The standard InChI is InChI=1S/3C3H7.3C2H5.3BrH.3ClH.4Ga/c3*1-3-2;3*1-2;;;;;;;;;;/h3*3H,1-2H3;3*1H2,2H3;6*1H;;;;/q;;;;;;;;;;;;;;2*+3/p-6. The molecule has 0 amide bonds. The molecule has 0 spiro atoms. The fraction of sp³-hybridized carbons (Fsp3) is 1.00. The van der Waals surface area contributed by atoms with E-state index in [9.17, 15) is 0 Å². The first-order valence-corrected chi connectivity index (χ1v) is 17.1. The van der Waals surface area contributed by atoms with Crippen LogP contribution in [0.5, 0.6) is 0 Å². The number of rotatable bonds is 6. The zero-order valence-electron chi connectivity index (χ0n) is 17.4. The van der Waals surface area contributed by atoms with Gasteiger partial charge in [0.2, 0.25) is 0 Å². The molecule has 0 radical (unpaired) electrons. The molecule has 0 rings (SSSR count). The largest absolute Gasteiger partial charge is 3.00 e. The first kappa shape index (κ1) is 63.1. The summed E-state index contributed by atoms with van der Waals surface area (Å²) in [6, 6.07) is 0. The van der Waals surface area contributed by atoms with Gasteiger partial charge in [-0.05, 0) is 0 Å². The Hall–Kier alpha value is 4.86. The van der Waals surface area contributed by atoms with Gasteiger partial charge in [-0.25, -0.2) is 0 Å². The third kappa shape index (κ3) is 39.8.